The molecule has 1 aliphatic rings. The smallest absolute Gasteiger partial charge is 0.470 e. The number of hydrogen-bond donors (Lipinski definition) is 6. The van der Waals surface area contributed by atoms with Gasteiger partial charge in [-0.05, 0) is 19.3 Å². The van der Waals surface area contributed by atoms with Gasteiger partial charge in [-0.1, -0.05) is 220 Å². The summed E-state index contributed by atoms with van der Waals surface area (Å²) in [5.41, 5.74) is 0. The number of aliphatic hydroxyl groups is 2. The molecule has 16 heteroatoms. The predicted octanol–water partition coefficient (Wildman–Crippen LogP) is 11.7. The Morgan fingerprint density at radius 1 is 0.632 bits per heavy atom. The Hall–Kier alpha value is -2.13. The Balaban J connectivity index is 3.24. The zero-order chi connectivity index (χ0) is 51.0. The van der Waals surface area contributed by atoms with Gasteiger partial charge in [0.15, 0.2) is 12.4 Å². The summed E-state index contributed by atoms with van der Waals surface area (Å²) in [6.45, 7) is 5.87. The van der Waals surface area contributed by atoms with E-state index in [-0.39, 0.29) is 6.42 Å². The molecular weight excluding hydrogens is 894 g/mol. The SMILES string of the molecule is [2H]OP(=O)(O)O[C@H]1[C@H](OC(=O)C(CCCCCCCCCCCC)CCCCCCCCCCCCCC)[C@@H](NC(=O)C[C@H](O)CCCCCCCCCCC)C(O)O[C@@H]1COC(=O)CCC(=O)O. The van der Waals surface area contributed by atoms with Crippen LogP contribution in [-0.4, -0.2) is 93.7 Å². The number of unbranched alkanes of at least 4 members (excludes halogenated alkanes) is 28. The molecule has 1 aliphatic heterocycles. The van der Waals surface area contributed by atoms with Crippen LogP contribution in [0.5, 0.6) is 0 Å². The second-order valence-electron chi connectivity index (χ2n) is 19.5. The van der Waals surface area contributed by atoms with Crippen LogP contribution in [0.25, 0.3) is 0 Å². The Labute approximate surface area is 412 Å². The first-order valence-corrected chi connectivity index (χ1v) is 28.8. The summed E-state index contributed by atoms with van der Waals surface area (Å²) in [6, 6.07) is -1.60. The molecule has 0 spiro atoms. The summed E-state index contributed by atoms with van der Waals surface area (Å²) in [5.74, 6) is -4.19. The Morgan fingerprint density at radius 2 is 1.04 bits per heavy atom. The van der Waals surface area contributed by atoms with E-state index in [9.17, 15) is 38.8 Å². The number of hydrogen-bond acceptors (Lipinski definition) is 12. The van der Waals surface area contributed by atoms with Crippen LogP contribution in [0.2, 0.25) is 0 Å². The molecule has 400 valence electrons. The highest BCUT2D eigenvalue weighted by Gasteiger charge is 2.52. The minimum atomic E-state index is -5.23. The van der Waals surface area contributed by atoms with E-state index in [4.69, 9.17) is 25.3 Å². The number of carboxylic acids is 1. The molecule has 1 amide bonds. The van der Waals surface area contributed by atoms with Crippen molar-refractivity contribution in [3.63, 3.8) is 0 Å². The van der Waals surface area contributed by atoms with E-state index in [1.165, 1.54) is 116 Å². The number of amides is 1. The van der Waals surface area contributed by atoms with Crippen molar-refractivity contribution in [2.75, 3.05) is 6.61 Å². The van der Waals surface area contributed by atoms with Gasteiger partial charge >= 0.3 is 25.7 Å². The van der Waals surface area contributed by atoms with Crippen LogP contribution in [0.3, 0.4) is 0 Å². The quantitative estimate of drug-likeness (QED) is 0.0189. The van der Waals surface area contributed by atoms with Crippen LogP contribution >= 0.6 is 7.82 Å². The minimum absolute atomic E-state index is 0.355. The average molecular weight is 993 g/mol. The van der Waals surface area contributed by atoms with E-state index in [1.54, 1.807) is 0 Å². The highest BCUT2D eigenvalue weighted by Crippen LogP contribution is 2.42. The molecule has 0 bridgehead atoms. The van der Waals surface area contributed by atoms with Crippen molar-refractivity contribution in [2.45, 2.75) is 295 Å². The van der Waals surface area contributed by atoms with E-state index >= 15 is 0 Å². The standard InChI is InChI=1S/C52H98NO14P/c1-4-7-10-13-16-19-21-22-25-27-30-33-36-42(35-32-29-26-24-20-17-14-11-8-5-2)51(59)66-50-48(53-45(55)40-43(54)37-34-31-28-23-18-15-12-9-6-3)52(60)65-44(49(50)67-68(61,62)63)41-64-47(58)39-38-46(56)57/h42-44,48-50,52,54,60H,4-41H2,1-3H3,(H,53,55)(H,56,57)(H2,61,62,63)/t42?,43-,44-,48-,49-,50-,52?/m1/s1/i/hD. The third kappa shape index (κ3) is 34.2. The second kappa shape index (κ2) is 41.5. The number of ether oxygens (including phenoxy) is 3. The van der Waals surface area contributed by atoms with Gasteiger partial charge in [0.05, 0.1) is 31.3 Å². The molecule has 0 aromatic rings. The highest BCUT2D eigenvalue weighted by atomic mass is 31.2. The number of carboxylic acid groups (broad SMARTS) is 1. The first-order chi connectivity index (χ1) is 33.3. The monoisotopic (exact) mass is 993 g/mol. The van der Waals surface area contributed by atoms with Crippen molar-refractivity contribution in [3.8, 4) is 0 Å². The molecule has 0 aromatic heterocycles. The molecular formula is C52H98NO14P. The molecule has 1 rings (SSSR count). The van der Waals surface area contributed by atoms with Crippen molar-refractivity contribution in [1.82, 2.24) is 5.32 Å². The molecule has 1 saturated heterocycles. The molecule has 0 saturated carbocycles. The van der Waals surface area contributed by atoms with Crippen molar-refractivity contribution in [1.29, 1.82) is 1.43 Å². The molecule has 8 atom stereocenters. The molecule has 15 nitrogen and oxygen atoms in total. The number of phosphoric acid groups is 1. The number of phosphoric ester groups is 1. The van der Waals surface area contributed by atoms with Crippen LogP contribution in [0.4, 0.5) is 0 Å². The van der Waals surface area contributed by atoms with Gasteiger partial charge in [0.1, 0.15) is 24.9 Å². The summed E-state index contributed by atoms with van der Waals surface area (Å²) in [6.07, 6.45) is 26.6. The fourth-order valence-electron chi connectivity index (χ4n) is 9.06. The summed E-state index contributed by atoms with van der Waals surface area (Å²) in [5, 5.41) is 33.9. The van der Waals surface area contributed by atoms with Crippen molar-refractivity contribution < 1.29 is 67.6 Å². The lowest BCUT2D eigenvalue weighted by Gasteiger charge is -2.44. The summed E-state index contributed by atoms with van der Waals surface area (Å²) < 4.78 is 42.5. The van der Waals surface area contributed by atoms with Gasteiger partial charge in [-0.2, -0.15) is 0 Å². The first-order valence-electron chi connectivity index (χ1n) is 27.7. The van der Waals surface area contributed by atoms with E-state index < -0.39 is 93.8 Å². The third-order valence-electron chi connectivity index (χ3n) is 13.2. The van der Waals surface area contributed by atoms with Crippen molar-refractivity contribution in [3.05, 3.63) is 0 Å². The molecule has 6 N–H and O–H groups in total. The lowest BCUT2D eigenvalue weighted by molar-refractivity contribution is -0.258. The summed E-state index contributed by atoms with van der Waals surface area (Å²) in [7, 11) is -5.23. The van der Waals surface area contributed by atoms with Crippen LogP contribution < -0.4 is 5.32 Å². The van der Waals surface area contributed by atoms with Crippen LogP contribution in [0, 0.1) is 5.92 Å². The molecule has 1 heterocycles. The third-order valence-corrected chi connectivity index (χ3v) is 13.7. The van der Waals surface area contributed by atoms with Crippen molar-refractivity contribution >= 4 is 31.6 Å². The Kier molecular flexibility index (Phi) is 37.8. The normalized spacial score (nSPS) is 20.3. The zero-order valence-electron chi connectivity index (χ0n) is 43.7. The van der Waals surface area contributed by atoms with Crippen molar-refractivity contribution in [2.24, 2.45) is 5.92 Å². The summed E-state index contributed by atoms with van der Waals surface area (Å²) >= 11 is 0. The van der Waals surface area contributed by atoms with Gasteiger partial charge in [0, 0.05) is 0 Å². The lowest BCUT2D eigenvalue weighted by Crippen LogP contribution is -2.66. The van der Waals surface area contributed by atoms with Crippen LogP contribution in [0.15, 0.2) is 0 Å². The lowest BCUT2D eigenvalue weighted by atomic mass is 9.92. The van der Waals surface area contributed by atoms with Crippen LogP contribution in [-0.2, 0) is 42.5 Å². The molecule has 68 heavy (non-hydrogen) atoms. The fraction of sp³-hybridized carbons (Fsp3) is 0.923. The van der Waals surface area contributed by atoms with E-state index in [2.05, 4.69) is 31.0 Å². The maximum Gasteiger partial charge on any atom is 0.470 e. The van der Waals surface area contributed by atoms with Gasteiger partial charge in [-0.3, -0.25) is 23.7 Å². The number of esters is 2. The fourth-order valence-corrected chi connectivity index (χ4v) is 9.62. The van der Waals surface area contributed by atoms with Gasteiger partial charge < -0.3 is 44.6 Å². The number of aliphatic hydroxyl groups excluding tert-OH is 2. The number of carbonyl (C=O) groups is 4. The van der Waals surface area contributed by atoms with Gasteiger partial charge in [-0.25, -0.2) is 4.57 Å². The number of carbonyl (C=O) groups excluding carboxylic acids is 3. The van der Waals surface area contributed by atoms with Gasteiger partial charge in [-0.15, -0.1) is 0 Å². The molecule has 0 aromatic carbocycles. The van der Waals surface area contributed by atoms with Crippen LogP contribution in [0.1, 0.15) is 258 Å². The maximum atomic E-state index is 14.4. The van der Waals surface area contributed by atoms with Gasteiger partial charge in [0.25, 0.3) is 0 Å². The topological polar surface area (TPSA) is 235 Å². The second-order valence-corrected chi connectivity index (χ2v) is 20.6. The largest absolute Gasteiger partial charge is 0.481 e. The molecule has 3 unspecified atom stereocenters. The number of rotatable bonds is 47. The predicted molar refractivity (Wildman–Crippen MR) is 266 cm³/mol. The average Bonchev–Trinajstić information content (AvgIpc) is 3.31. The zero-order valence-corrected chi connectivity index (χ0v) is 43.6. The van der Waals surface area contributed by atoms with E-state index in [0.717, 1.165) is 77.0 Å². The first kappa shape index (κ1) is 62.0. The Morgan fingerprint density at radius 3 is 1.46 bits per heavy atom. The maximum absolute atomic E-state index is 14.4. The summed E-state index contributed by atoms with van der Waals surface area (Å²) in [4.78, 5) is 65.9. The van der Waals surface area contributed by atoms with E-state index in [1.807, 2.05) is 0 Å². The van der Waals surface area contributed by atoms with E-state index in [0.29, 0.717) is 25.7 Å². The number of aliphatic carboxylic acids is 1. The minimum Gasteiger partial charge on any atom is -0.481 e. The molecule has 0 radical (unpaired) electrons. The van der Waals surface area contributed by atoms with Gasteiger partial charge in [0.2, 0.25) is 7.34 Å². The highest BCUT2D eigenvalue weighted by molar-refractivity contribution is 7.46. The Bertz CT molecular complexity index is 1360. The number of nitrogens with one attached hydrogen (secondary N) is 1. The molecule has 0 aliphatic carbocycles. The molecule has 1 fully saturated rings.